The fraction of sp³-hybridized carbons (Fsp3) is 0.588. The molecule has 2 aliphatic heterocycles. The molecular formula is C17H25N3O2. The molecule has 5 nitrogen and oxygen atoms in total. The summed E-state index contributed by atoms with van der Waals surface area (Å²) >= 11 is 0. The van der Waals surface area contributed by atoms with E-state index in [1.54, 1.807) is 0 Å². The van der Waals surface area contributed by atoms with E-state index in [0.29, 0.717) is 19.7 Å². The molecule has 1 aromatic carbocycles. The summed E-state index contributed by atoms with van der Waals surface area (Å²) in [6.45, 7) is 5.82. The van der Waals surface area contributed by atoms with Gasteiger partial charge in [0.05, 0.1) is 6.61 Å². The van der Waals surface area contributed by atoms with Crippen molar-refractivity contribution < 1.29 is 9.53 Å². The highest BCUT2D eigenvalue weighted by Crippen LogP contribution is 2.26. The number of likely N-dealkylation sites (N-methyl/N-ethyl adjacent to an activating group) is 2. The Labute approximate surface area is 132 Å². The summed E-state index contributed by atoms with van der Waals surface area (Å²) in [5.74, 6) is 0.115. The van der Waals surface area contributed by atoms with Crippen molar-refractivity contribution in [3.63, 3.8) is 0 Å². The molecule has 0 spiro atoms. The van der Waals surface area contributed by atoms with Crippen LogP contribution in [0.2, 0.25) is 0 Å². The van der Waals surface area contributed by atoms with Gasteiger partial charge in [0.25, 0.3) is 5.91 Å². The number of morpholine rings is 1. The third-order valence-electron chi connectivity index (χ3n) is 4.64. The van der Waals surface area contributed by atoms with Gasteiger partial charge in [0.1, 0.15) is 6.10 Å². The summed E-state index contributed by atoms with van der Waals surface area (Å²) in [5.41, 5.74) is 2.41. The van der Waals surface area contributed by atoms with Gasteiger partial charge in [0.15, 0.2) is 0 Å². The second-order valence-electron chi connectivity index (χ2n) is 6.45. The zero-order valence-electron chi connectivity index (χ0n) is 13.7. The van der Waals surface area contributed by atoms with Gasteiger partial charge < -0.3 is 19.4 Å². The lowest BCUT2D eigenvalue weighted by Crippen LogP contribution is -2.52. The summed E-state index contributed by atoms with van der Waals surface area (Å²) in [6, 6.07) is 8.49. The number of fused-ring (bicyclic) bond motifs is 1. The molecule has 0 saturated carbocycles. The largest absolute Gasteiger partial charge is 0.372 e. The summed E-state index contributed by atoms with van der Waals surface area (Å²) in [6.07, 6.45) is -0.336. The maximum Gasteiger partial charge on any atom is 0.253 e. The van der Waals surface area contributed by atoms with E-state index in [0.717, 1.165) is 13.1 Å². The Bertz CT molecular complexity index is 548. The van der Waals surface area contributed by atoms with E-state index in [4.69, 9.17) is 4.74 Å². The zero-order valence-corrected chi connectivity index (χ0v) is 13.7. The van der Waals surface area contributed by atoms with E-state index in [-0.39, 0.29) is 18.1 Å². The topological polar surface area (TPSA) is 36.0 Å². The fourth-order valence-electron chi connectivity index (χ4n) is 3.36. The first-order valence-corrected chi connectivity index (χ1v) is 7.96. The van der Waals surface area contributed by atoms with Crippen molar-refractivity contribution in [3.8, 4) is 0 Å². The Kier molecular flexibility index (Phi) is 4.36. The standard InChI is InChI=1S/C17H25N3O2/c1-13-10-19(3)15-7-5-4-6-14(15)11-20(13)17(21)16-12-18(2)8-9-22-16/h4-7,13,16H,8-12H2,1-3H3/t13-,16+/m0/s1. The number of benzene rings is 1. The number of rotatable bonds is 1. The van der Waals surface area contributed by atoms with Crippen molar-refractivity contribution in [2.24, 2.45) is 0 Å². The monoisotopic (exact) mass is 303 g/mol. The number of nitrogens with zero attached hydrogens (tertiary/aromatic N) is 3. The molecule has 3 rings (SSSR count). The van der Waals surface area contributed by atoms with E-state index < -0.39 is 0 Å². The molecule has 1 amide bonds. The van der Waals surface area contributed by atoms with Gasteiger partial charge in [-0.25, -0.2) is 0 Å². The fourth-order valence-corrected chi connectivity index (χ4v) is 3.36. The van der Waals surface area contributed by atoms with Crippen molar-refractivity contribution in [2.45, 2.75) is 25.6 Å². The Morgan fingerprint density at radius 2 is 2.00 bits per heavy atom. The summed E-state index contributed by atoms with van der Waals surface area (Å²) in [7, 11) is 4.13. The van der Waals surface area contributed by atoms with Crippen LogP contribution in [0.1, 0.15) is 12.5 Å². The number of hydrogen-bond donors (Lipinski definition) is 0. The molecule has 0 bridgehead atoms. The lowest BCUT2D eigenvalue weighted by atomic mass is 10.1. The molecule has 5 heteroatoms. The van der Waals surface area contributed by atoms with Crippen molar-refractivity contribution in [3.05, 3.63) is 29.8 Å². The van der Waals surface area contributed by atoms with Gasteiger partial charge >= 0.3 is 0 Å². The summed E-state index contributed by atoms with van der Waals surface area (Å²) in [5, 5.41) is 0. The lowest BCUT2D eigenvalue weighted by Gasteiger charge is -2.35. The quantitative estimate of drug-likeness (QED) is 0.781. The highest BCUT2D eigenvalue weighted by atomic mass is 16.5. The van der Waals surface area contributed by atoms with E-state index >= 15 is 0 Å². The predicted octanol–water partition coefficient (Wildman–Crippen LogP) is 1.18. The molecule has 0 radical (unpaired) electrons. The summed E-state index contributed by atoms with van der Waals surface area (Å²) < 4.78 is 5.72. The normalized spacial score (nSPS) is 26.5. The van der Waals surface area contributed by atoms with Crippen LogP contribution in [0.25, 0.3) is 0 Å². The molecule has 0 aromatic heterocycles. The van der Waals surface area contributed by atoms with Crippen molar-refractivity contribution in [1.82, 2.24) is 9.80 Å². The number of hydrogen-bond acceptors (Lipinski definition) is 4. The van der Waals surface area contributed by atoms with E-state index in [2.05, 4.69) is 42.0 Å². The maximum absolute atomic E-state index is 12.9. The molecule has 22 heavy (non-hydrogen) atoms. The second kappa shape index (κ2) is 6.26. The molecule has 2 aliphatic rings. The van der Waals surface area contributed by atoms with Crippen molar-refractivity contribution in [2.75, 3.05) is 45.2 Å². The van der Waals surface area contributed by atoms with Crippen LogP contribution in [0.4, 0.5) is 5.69 Å². The zero-order chi connectivity index (χ0) is 15.7. The molecule has 120 valence electrons. The van der Waals surface area contributed by atoms with Gasteiger partial charge in [-0.15, -0.1) is 0 Å². The minimum atomic E-state index is -0.336. The van der Waals surface area contributed by atoms with Crippen LogP contribution in [0.15, 0.2) is 24.3 Å². The highest BCUT2D eigenvalue weighted by Gasteiger charge is 2.33. The molecular weight excluding hydrogens is 278 g/mol. The molecule has 1 saturated heterocycles. The average molecular weight is 303 g/mol. The van der Waals surface area contributed by atoms with Crippen LogP contribution in [-0.2, 0) is 16.1 Å². The number of carbonyl (C=O) groups excluding carboxylic acids is 1. The third-order valence-corrected chi connectivity index (χ3v) is 4.64. The average Bonchev–Trinajstić information content (AvgIpc) is 2.63. The third kappa shape index (κ3) is 2.96. The smallest absolute Gasteiger partial charge is 0.253 e. The van der Waals surface area contributed by atoms with Crippen LogP contribution < -0.4 is 4.90 Å². The Morgan fingerprint density at radius 3 is 2.77 bits per heavy atom. The van der Waals surface area contributed by atoms with Gasteiger partial charge in [-0.1, -0.05) is 18.2 Å². The minimum absolute atomic E-state index is 0.115. The van der Waals surface area contributed by atoms with Gasteiger partial charge in [0.2, 0.25) is 0 Å². The molecule has 0 unspecified atom stereocenters. The SMILES string of the molecule is C[C@H]1CN(C)c2ccccc2CN1C(=O)[C@H]1CN(C)CCO1. The van der Waals surface area contributed by atoms with Crippen LogP contribution in [-0.4, -0.2) is 68.2 Å². The van der Waals surface area contributed by atoms with Crippen molar-refractivity contribution >= 4 is 11.6 Å². The Hall–Kier alpha value is -1.59. The van der Waals surface area contributed by atoms with Gasteiger partial charge in [-0.3, -0.25) is 4.79 Å². The van der Waals surface area contributed by atoms with E-state index in [1.807, 2.05) is 18.0 Å². The summed E-state index contributed by atoms with van der Waals surface area (Å²) in [4.78, 5) is 19.3. The number of anilines is 1. The minimum Gasteiger partial charge on any atom is -0.372 e. The Morgan fingerprint density at radius 1 is 1.23 bits per heavy atom. The van der Waals surface area contributed by atoms with E-state index in [9.17, 15) is 4.79 Å². The van der Waals surface area contributed by atoms with Crippen molar-refractivity contribution in [1.29, 1.82) is 0 Å². The molecule has 1 aromatic rings. The van der Waals surface area contributed by atoms with Crippen LogP contribution in [0, 0.1) is 0 Å². The second-order valence-corrected chi connectivity index (χ2v) is 6.45. The molecule has 0 aliphatic carbocycles. The number of carbonyl (C=O) groups is 1. The molecule has 2 atom stereocenters. The first-order valence-electron chi connectivity index (χ1n) is 7.96. The van der Waals surface area contributed by atoms with Gasteiger partial charge in [-0.05, 0) is 25.6 Å². The first kappa shape index (κ1) is 15.3. The number of ether oxygens (including phenoxy) is 1. The number of amides is 1. The maximum atomic E-state index is 12.9. The van der Waals surface area contributed by atoms with Crippen LogP contribution >= 0.6 is 0 Å². The first-order chi connectivity index (χ1) is 10.6. The Balaban J connectivity index is 1.82. The van der Waals surface area contributed by atoms with Crippen LogP contribution in [0.5, 0.6) is 0 Å². The highest BCUT2D eigenvalue weighted by molar-refractivity contribution is 5.82. The van der Waals surface area contributed by atoms with Gasteiger partial charge in [0, 0.05) is 45.0 Å². The predicted molar refractivity (Wildman–Crippen MR) is 87.0 cm³/mol. The number of para-hydroxylation sites is 1. The molecule has 1 fully saturated rings. The van der Waals surface area contributed by atoms with Crippen LogP contribution in [0.3, 0.4) is 0 Å². The van der Waals surface area contributed by atoms with E-state index in [1.165, 1.54) is 11.3 Å². The molecule has 2 heterocycles. The van der Waals surface area contributed by atoms with Gasteiger partial charge in [-0.2, -0.15) is 0 Å². The lowest BCUT2D eigenvalue weighted by molar-refractivity contribution is -0.151. The molecule has 0 N–H and O–H groups in total.